The number of fused-ring (bicyclic) bond motifs is 1. The fraction of sp³-hybridized carbons (Fsp3) is 0.316. The van der Waals surface area contributed by atoms with E-state index in [1.165, 1.54) is 13.2 Å². The smallest absolute Gasteiger partial charge is 0.262 e. The van der Waals surface area contributed by atoms with Gasteiger partial charge in [-0.1, -0.05) is 6.07 Å². The lowest BCUT2D eigenvalue weighted by Crippen LogP contribution is -2.22. The molecule has 1 aliphatic rings. The van der Waals surface area contributed by atoms with E-state index in [1.54, 1.807) is 28.8 Å². The maximum absolute atomic E-state index is 12.6. The maximum Gasteiger partial charge on any atom is 0.262 e. The van der Waals surface area contributed by atoms with Gasteiger partial charge >= 0.3 is 0 Å². The van der Waals surface area contributed by atoms with Crippen LogP contribution in [0.4, 0.5) is 5.82 Å². The molecule has 0 aromatic carbocycles. The molecule has 0 aliphatic carbocycles. The van der Waals surface area contributed by atoms with Crippen molar-refractivity contribution in [1.29, 1.82) is 0 Å². The van der Waals surface area contributed by atoms with E-state index in [2.05, 4.69) is 15.3 Å². The average molecular weight is 368 g/mol. The normalized spacial score (nSPS) is 15.0. The molecule has 8 nitrogen and oxygen atoms in total. The van der Waals surface area contributed by atoms with Gasteiger partial charge in [0.05, 0.1) is 7.11 Å². The number of hydrogen-bond acceptors (Lipinski definition) is 5. The molecule has 4 heterocycles. The number of ether oxygens (including phenoxy) is 2. The van der Waals surface area contributed by atoms with E-state index in [1.807, 2.05) is 6.20 Å². The van der Waals surface area contributed by atoms with Crippen molar-refractivity contribution >= 4 is 17.4 Å². The molecule has 1 aliphatic heterocycles. The maximum atomic E-state index is 12.6. The standard InChI is InChI=1S/C19H20N4O4/c1-26-18-4-2-3-16(21-18)22-19(25)13-10-23-11-14(12-5-7-27-8-6-12)20-17(23)9-15(13)24/h2-4,9-12,20H,5-8H2,1H3,(H,21,22,25). The van der Waals surface area contributed by atoms with Crippen LogP contribution in [-0.4, -0.2) is 40.6 Å². The molecule has 0 atom stereocenters. The summed E-state index contributed by atoms with van der Waals surface area (Å²) in [6.07, 6.45) is 5.36. The summed E-state index contributed by atoms with van der Waals surface area (Å²) in [4.78, 5) is 32.4. The highest BCUT2D eigenvalue weighted by Crippen LogP contribution is 2.26. The fourth-order valence-electron chi connectivity index (χ4n) is 3.25. The Kier molecular flexibility index (Phi) is 4.64. The van der Waals surface area contributed by atoms with E-state index < -0.39 is 5.91 Å². The van der Waals surface area contributed by atoms with Gasteiger partial charge in [-0.25, -0.2) is 0 Å². The Morgan fingerprint density at radius 3 is 2.93 bits per heavy atom. The van der Waals surface area contributed by atoms with Gasteiger partial charge in [0, 0.05) is 49.4 Å². The van der Waals surface area contributed by atoms with Crippen molar-refractivity contribution in [3.8, 4) is 5.88 Å². The Morgan fingerprint density at radius 1 is 1.33 bits per heavy atom. The highest BCUT2D eigenvalue weighted by atomic mass is 16.5. The summed E-state index contributed by atoms with van der Waals surface area (Å²) in [6.45, 7) is 1.47. The van der Waals surface area contributed by atoms with Gasteiger partial charge in [-0.2, -0.15) is 4.98 Å². The minimum absolute atomic E-state index is 0.0506. The number of H-pyrrole nitrogens is 1. The minimum Gasteiger partial charge on any atom is -0.481 e. The lowest BCUT2D eigenvalue weighted by atomic mass is 9.97. The monoisotopic (exact) mass is 368 g/mol. The third kappa shape index (κ3) is 3.56. The molecule has 4 rings (SSSR count). The molecule has 140 valence electrons. The van der Waals surface area contributed by atoms with Crippen molar-refractivity contribution in [2.45, 2.75) is 18.8 Å². The Balaban J connectivity index is 1.61. The molecule has 0 saturated carbocycles. The number of hydrogen-bond donors (Lipinski definition) is 2. The Morgan fingerprint density at radius 2 is 2.15 bits per heavy atom. The molecule has 3 aromatic rings. The summed E-state index contributed by atoms with van der Waals surface area (Å²) >= 11 is 0. The first kappa shape index (κ1) is 17.3. The second-order valence-electron chi connectivity index (χ2n) is 6.46. The number of carbonyl (C=O) groups is 1. The molecule has 27 heavy (non-hydrogen) atoms. The summed E-state index contributed by atoms with van der Waals surface area (Å²) in [5.41, 5.74) is 1.41. The largest absolute Gasteiger partial charge is 0.481 e. The van der Waals surface area contributed by atoms with Gasteiger partial charge in [-0.3, -0.25) is 9.59 Å². The molecule has 8 heteroatoms. The third-order valence-corrected chi connectivity index (χ3v) is 4.71. The van der Waals surface area contributed by atoms with Crippen molar-refractivity contribution in [3.05, 3.63) is 58.1 Å². The van der Waals surface area contributed by atoms with Crippen LogP contribution in [0.15, 0.2) is 41.5 Å². The average Bonchev–Trinajstić information content (AvgIpc) is 3.11. The molecule has 1 saturated heterocycles. The van der Waals surface area contributed by atoms with Crippen molar-refractivity contribution < 1.29 is 14.3 Å². The zero-order valence-electron chi connectivity index (χ0n) is 14.9. The van der Waals surface area contributed by atoms with E-state index in [4.69, 9.17) is 9.47 Å². The molecule has 1 amide bonds. The van der Waals surface area contributed by atoms with E-state index >= 15 is 0 Å². The third-order valence-electron chi connectivity index (χ3n) is 4.71. The van der Waals surface area contributed by atoms with Crippen molar-refractivity contribution in [3.63, 3.8) is 0 Å². The van der Waals surface area contributed by atoms with Crippen molar-refractivity contribution in [1.82, 2.24) is 14.4 Å². The summed E-state index contributed by atoms with van der Waals surface area (Å²) in [7, 11) is 1.50. The van der Waals surface area contributed by atoms with Gasteiger partial charge in [0.2, 0.25) is 5.88 Å². The second kappa shape index (κ2) is 7.24. The van der Waals surface area contributed by atoms with Crippen LogP contribution in [-0.2, 0) is 4.74 Å². The number of imidazole rings is 1. The summed E-state index contributed by atoms with van der Waals surface area (Å²) in [6, 6.07) is 6.46. The number of nitrogens with zero attached hydrogens (tertiary/aromatic N) is 2. The molecule has 2 N–H and O–H groups in total. The molecule has 1 fully saturated rings. The summed E-state index contributed by atoms with van der Waals surface area (Å²) < 4.78 is 12.2. The molecule has 0 unspecified atom stereocenters. The van der Waals surface area contributed by atoms with Crippen LogP contribution in [0.2, 0.25) is 0 Å². The van der Waals surface area contributed by atoms with Crippen LogP contribution in [0.25, 0.3) is 5.65 Å². The molecule has 0 spiro atoms. The lowest BCUT2D eigenvalue weighted by molar-refractivity contribution is 0.0846. The summed E-state index contributed by atoms with van der Waals surface area (Å²) in [5, 5.41) is 2.64. The van der Waals surface area contributed by atoms with Crippen LogP contribution in [0.1, 0.15) is 34.8 Å². The highest BCUT2D eigenvalue weighted by Gasteiger charge is 2.19. The first-order valence-corrected chi connectivity index (χ1v) is 8.79. The van der Waals surface area contributed by atoms with Gasteiger partial charge in [0.25, 0.3) is 5.91 Å². The fourth-order valence-corrected chi connectivity index (χ4v) is 3.25. The number of pyridine rings is 2. The number of amides is 1. The van der Waals surface area contributed by atoms with Gasteiger partial charge in [0.1, 0.15) is 17.0 Å². The zero-order valence-corrected chi connectivity index (χ0v) is 14.9. The molecule has 0 radical (unpaired) electrons. The first-order chi connectivity index (χ1) is 13.1. The highest BCUT2D eigenvalue weighted by molar-refractivity contribution is 6.03. The number of anilines is 1. The van der Waals surface area contributed by atoms with E-state index in [9.17, 15) is 9.59 Å². The molecule has 0 bridgehead atoms. The minimum atomic E-state index is -0.510. The number of rotatable bonds is 4. The lowest BCUT2D eigenvalue weighted by Gasteiger charge is -2.20. The first-order valence-electron chi connectivity index (χ1n) is 8.79. The van der Waals surface area contributed by atoms with E-state index in [0.717, 1.165) is 31.7 Å². The van der Waals surface area contributed by atoms with Crippen LogP contribution in [0, 0.1) is 0 Å². The predicted octanol–water partition coefficient (Wildman–Crippen LogP) is 2.18. The number of carbonyl (C=O) groups excluding carboxylic acids is 1. The molecular weight excluding hydrogens is 348 g/mol. The SMILES string of the molecule is COc1cccc(NC(=O)c2cn3cc(C4CCOCC4)[nH]c3cc2=O)n1. The topological polar surface area (TPSA) is 97.7 Å². The number of nitrogens with one attached hydrogen (secondary N) is 2. The van der Waals surface area contributed by atoms with Crippen LogP contribution < -0.4 is 15.5 Å². The quantitative estimate of drug-likeness (QED) is 0.736. The van der Waals surface area contributed by atoms with Crippen LogP contribution in [0.3, 0.4) is 0 Å². The Bertz CT molecular complexity index is 1030. The van der Waals surface area contributed by atoms with E-state index in [0.29, 0.717) is 23.3 Å². The van der Waals surface area contributed by atoms with Gasteiger partial charge < -0.3 is 24.2 Å². The predicted molar refractivity (Wildman–Crippen MR) is 99.6 cm³/mol. The number of aromatic nitrogens is 3. The zero-order chi connectivity index (χ0) is 18.8. The number of aromatic amines is 1. The van der Waals surface area contributed by atoms with E-state index in [-0.39, 0.29) is 11.0 Å². The van der Waals surface area contributed by atoms with Crippen LogP contribution >= 0.6 is 0 Å². The molecular formula is C19H20N4O4. The van der Waals surface area contributed by atoms with Gasteiger partial charge in [-0.15, -0.1) is 0 Å². The second-order valence-corrected chi connectivity index (χ2v) is 6.46. The van der Waals surface area contributed by atoms with Crippen LogP contribution in [0.5, 0.6) is 5.88 Å². The van der Waals surface area contributed by atoms with Gasteiger partial charge in [-0.05, 0) is 18.9 Å². The Labute approximate surface area is 155 Å². The van der Waals surface area contributed by atoms with Crippen molar-refractivity contribution in [2.75, 3.05) is 25.6 Å². The Hall–Kier alpha value is -3.13. The number of methoxy groups -OCH3 is 1. The van der Waals surface area contributed by atoms with Crippen molar-refractivity contribution in [2.24, 2.45) is 0 Å². The van der Waals surface area contributed by atoms with Gasteiger partial charge in [0.15, 0.2) is 5.43 Å². The summed E-state index contributed by atoms with van der Waals surface area (Å²) in [5.74, 6) is 0.559. The molecule has 3 aromatic heterocycles.